The van der Waals surface area contributed by atoms with Crippen LogP contribution in [0.4, 0.5) is 5.69 Å². The number of aromatic nitrogens is 1. The fourth-order valence-electron chi connectivity index (χ4n) is 2.98. The zero-order valence-corrected chi connectivity index (χ0v) is 14.4. The molecule has 0 spiro atoms. The van der Waals surface area contributed by atoms with Crippen LogP contribution in [-0.2, 0) is 0 Å². The highest BCUT2D eigenvalue weighted by molar-refractivity contribution is 6.04. The molecule has 3 rings (SSSR count). The molecule has 3 nitrogen and oxygen atoms in total. The third-order valence-electron chi connectivity index (χ3n) is 4.76. The van der Waals surface area contributed by atoms with Gasteiger partial charge in [0.05, 0.1) is 43.6 Å². The molecule has 1 heterocycles. The van der Waals surface area contributed by atoms with Gasteiger partial charge in [-0.15, -0.1) is 0 Å². The topological polar surface area (TPSA) is 26.2 Å². The van der Waals surface area contributed by atoms with Gasteiger partial charge in [0, 0.05) is 25.1 Å². The fourth-order valence-corrected chi connectivity index (χ4v) is 2.98. The Morgan fingerprint density at radius 2 is 1.48 bits per heavy atom. The molecule has 2 N–H and O–H groups in total. The van der Waals surface area contributed by atoms with Crippen LogP contribution in [0.1, 0.15) is 13.3 Å². The number of hydrogen-bond acceptors (Lipinski definition) is 1. The lowest BCUT2D eigenvalue weighted by molar-refractivity contribution is -0.888. The molecule has 0 unspecified atom stereocenters. The molecule has 23 heavy (non-hydrogen) atoms. The maximum absolute atomic E-state index is 3.70. The van der Waals surface area contributed by atoms with Crippen LogP contribution in [0.2, 0.25) is 0 Å². The lowest BCUT2D eigenvalue weighted by atomic mass is 10.1. The van der Waals surface area contributed by atoms with E-state index in [0.717, 1.165) is 11.0 Å². The van der Waals surface area contributed by atoms with Crippen molar-refractivity contribution in [2.45, 2.75) is 13.3 Å². The van der Waals surface area contributed by atoms with E-state index in [2.05, 4.69) is 79.9 Å². The standard InChI is InChI=1S/C20H26N3/c1-4-23(2,3)15-9-14-21-20-16-10-5-7-12-18(16)22-19-13-8-6-11-17(19)20/h5-8,10-13H,4,9,14-15H2,1-3H3,(H,21,22)/q+1/p+1. The maximum atomic E-state index is 3.70. The van der Waals surface area contributed by atoms with Crippen LogP contribution >= 0.6 is 0 Å². The monoisotopic (exact) mass is 309 g/mol. The summed E-state index contributed by atoms with van der Waals surface area (Å²) in [5, 5.41) is 6.22. The molecule has 3 heteroatoms. The number of aromatic amines is 1. The predicted molar refractivity (Wildman–Crippen MR) is 98.6 cm³/mol. The Morgan fingerprint density at radius 1 is 0.913 bits per heavy atom. The number of pyridine rings is 1. The first-order valence-corrected chi connectivity index (χ1v) is 8.49. The Morgan fingerprint density at radius 3 is 2.04 bits per heavy atom. The summed E-state index contributed by atoms with van der Waals surface area (Å²) in [5.74, 6) is 0. The number of para-hydroxylation sites is 2. The average molecular weight is 309 g/mol. The number of rotatable bonds is 6. The average Bonchev–Trinajstić information content (AvgIpc) is 2.57. The first-order valence-electron chi connectivity index (χ1n) is 8.49. The van der Waals surface area contributed by atoms with Crippen molar-refractivity contribution in [3.05, 3.63) is 48.5 Å². The lowest BCUT2D eigenvalue weighted by Crippen LogP contribution is -2.40. The third-order valence-corrected chi connectivity index (χ3v) is 4.76. The van der Waals surface area contributed by atoms with Crippen LogP contribution in [0.3, 0.4) is 0 Å². The Balaban J connectivity index is 1.88. The molecule has 3 aromatic rings. The number of anilines is 1. The van der Waals surface area contributed by atoms with Crippen LogP contribution in [-0.4, -0.2) is 38.2 Å². The van der Waals surface area contributed by atoms with Crippen molar-refractivity contribution in [3.8, 4) is 0 Å². The van der Waals surface area contributed by atoms with Gasteiger partial charge < -0.3 is 9.80 Å². The minimum absolute atomic E-state index is 1.000. The quantitative estimate of drug-likeness (QED) is 0.419. The SMILES string of the molecule is CC[N+](C)(C)CCCNc1c2ccccc2[nH+]c2ccccc12. The van der Waals surface area contributed by atoms with E-state index in [9.17, 15) is 0 Å². The van der Waals surface area contributed by atoms with E-state index in [4.69, 9.17) is 0 Å². The Labute approximate surface area is 138 Å². The molecule has 0 aliphatic carbocycles. The summed E-state index contributed by atoms with van der Waals surface area (Å²) in [7, 11) is 4.59. The fraction of sp³-hybridized carbons (Fsp3) is 0.350. The van der Waals surface area contributed by atoms with Crippen molar-refractivity contribution in [3.63, 3.8) is 0 Å². The van der Waals surface area contributed by atoms with Gasteiger partial charge in [-0.25, -0.2) is 4.98 Å². The number of H-pyrrole nitrogens is 1. The second kappa shape index (κ2) is 6.55. The third kappa shape index (κ3) is 3.45. The van der Waals surface area contributed by atoms with E-state index in [1.807, 2.05) is 0 Å². The van der Waals surface area contributed by atoms with E-state index in [1.165, 1.54) is 47.0 Å². The molecule has 0 bridgehead atoms. The molecule has 0 saturated carbocycles. The van der Waals surface area contributed by atoms with Crippen LogP contribution in [0.25, 0.3) is 21.8 Å². The number of nitrogens with one attached hydrogen (secondary N) is 2. The van der Waals surface area contributed by atoms with Crippen LogP contribution in [0, 0.1) is 0 Å². The van der Waals surface area contributed by atoms with E-state index in [1.54, 1.807) is 0 Å². The number of nitrogens with zero attached hydrogens (tertiary/aromatic N) is 1. The summed E-state index contributed by atoms with van der Waals surface area (Å²) in [6.07, 6.45) is 1.17. The molecule has 0 aliphatic heterocycles. The van der Waals surface area contributed by atoms with E-state index in [-0.39, 0.29) is 0 Å². The minimum Gasteiger partial charge on any atom is -0.383 e. The van der Waals surface area contributed by atoms with Crippen molar-refractivity contribution in [2.24, 2.45) is 0 Å². The Bertz CT molecular complexity index is 754. The van der Waals surface area contributed by atoms with Crippen molar-refractivity contribution in [1.82, 2.24) is 0 Å². The second-order valence-electron chi connectivity index (χ2n) is 6.85. The molecule has 1 aromatic heterocycles. The number of benzene rings is 2. The van der Waals surface area contributed by atoms with Gasteiger partial charge in [-0.05, 0) is 19.1 Å². The number of hydrogen-bond donors (Lipinski definition) is 1. The van der Waals surface area contributed by atoms with Gasteiger partial charge in [0.2, 0.25) is 11.0 Å². The summed E-state index contributed by atoms with van der Waals surface area (Å²) in [5.41, 5.74) is 3.61. The normalized spacial score (nSPS) is 12.0. The van der Waals surface area contributed by atoms with E-state index >= 15 is 0 Å². The summed E-state index contributed by atoms with van der Waals surface area (Å²) >= 11 is 0. The van der Waals surface area contributed by atoms with Gasteiger partial charge in [-0.3, -0.25) is 0 Å². The van der Waals surface area contributed by atoms with Crippen LogP contribution in [0.5, 0.6) is 0 Å². The highest BCUT2D eigenvalue weighted by atomic mass is 15.3. The first-order chi connectivity index (χ1) is 11.1. The highest BCUT2D eigenvalue weighted by Gasteiger charge is 2.14. The van der Waals surface area contributed by atoms with Crippen molar-refractivity contribution in [1.29, 1.82) is 0 Å². The first kappa shape index (κ1) is 15.8. The lowest BCUT2D eigenvalue weighted by Gasteiger charge is -2.28. The van der Waals surface area contributed by atoms with E-state index in [0.29, 0.717) is 0 Å². The molecule has 0 fully saturated rings. The molecule has 0 atom stereocenters. The summed E-state index contributed by atoms with van der Waals surface area (Å²) in [6, 6.07) is 17.0. The van der Waals surface area contributed by atoms with Gasteiger partial charge in [-0.1, -0.05) is 24.3 Å². The maximum Gasteiger partial charge on any atom is 0.213 e. The number of fused-ring (bicyclic) bond motifs is 2. The highest BCUT2D eigenvalue weighted by Crippen LogP contribution is 2.28. The van der Waals surface area contributed by atoms with E-state index < -0.39 is 0 Å². The summed E-state index contributed by atoms with van der Waals surface area (Å²) in [6.45, 7) is 5.62. The summed E-state index contributed by atoms with van der Waals surface area (Å²) in [4.78, 5) is 3.53. The van der Waals surface area contributed by atoms with Gasteiger partial charge in [-0.2, -0.15) is 0 Å². The molecule has 120 valence electrons. The molecule has 0 saturated heterocycles. The van der Waals surface area contributed by atoms with Crippen molar-refractivity contribution >= 4 is 27.5 Å². The van der Waals surface area contributed by atoms with Gasteiger partial charge in [0.15, 0.2) is 0 Å². The van der Waals surface area contributed by atoms with Gasteiger partial charge in [0.1, 0.15) is 0 Å². The molecule has 2 aromatic carbocycles. The largest absolute Gasteiger partial charge is 0.383 e. The zero-order chi connectivity index (χ0) is 16.3. The molecular weight excluding hydrogens is 282 g/mol. The molecular formula is C20H27N3+2. The number of quaternary nitrogens is 1. The Hall–Kier alpha value is -2.13. The second-order valence-corrected chi connectivity index (χ2v) is 6.85. The molecule has 0 aliphatic rings. The van der Waals surface area contributed by atoms with Gasteiger partial charge in [0.25, 0.3) is 0 Å². The zero-order valence-electron chi connectivity index (χ0n) is 14.4. The van der Waals surface area contributed by atoms with Crippen molar-refractivity contribution in [2.75, 3.05) is 39.0 Å². The van der Waals surface area contributed by atoms with Crippen LogP contribution in [0.15, 0.2) is 48.5 Å². The summed E-state index contributed by atoms with van der Waals surface area (Å²) < 4.78 is 1.08. The van der Waals surface area contributed by atoms with Crippen LogP contribution < -0.4 is 10.3 Å². The van der Waals surface area contributed by atoms with Crippen molar-refractivity contribution < 1.29 is 9.47 Å². The minimum atomic E-state index is 1.000. The predicted octanol–water partition coefficient (Wildman–Crippen LogP) is 3.71. The smallest absolute Gasteiger partial charge is 0.213 e. The molecule has 0 amide bonds. The van der Waals surface area contributed by atoms with Gasteiger partial charge >= 0.3 is 0 Å². The molecule has 0 radical (unpaired) electrons. The Kier molecular flexibility index (Phi) is 4.49.